The van der Waals surface area contributed by atoms with Crippen molar-refractivity contribution in [1.82, 2.24) is 20.4 Å². The Morgan fingerprint density at radius 2 is 1.55 bits per heavy atom. The first kappa shape index (κ1) is 19.2. The van der Waals surface area contributed by atoms with Crippen molar-refractivity contribution in [3.05, 3.63) is 71.4 Å². The van der Waals surface area contributed by atoms with E-state index in [-0.39, 0.29) is 11.9 Å². The minimum Gasteiger partial charge on any atom is -0.484 e. The van der Waals surface area contributed by atoms with Gasteiger partial charge in [0.05, 0.1) is 5.25 Å². The second kappa shape index (κ2) is 8.48. The molecule has 0 aliphatic rings. The van der Waals surface area contributed by atoms with Crippen LogP contribution < -0.4 is 4.74 Å². The van der Waals surface area contributed by atoms with Crippen LogP contribution in [0.25, 0.3) is 11.5 Å². The van der Waals surface area contributed by atoms with Gasteiger partial charge >= 0.3 is 0 Å². The Morgan fingerprint density at radius 3 is 2.28 bits per heavy atom. The normalized spacial score (nSPS) is 12.1. The highest BCUT2D eigenvalue weighted by molar-refractivity contribution is 7.99. The van der Waals surface area contributed by atoms with Gasteiger partial charge in [-0.3, -0.25) is 0 Å². The SMILES string of the molecule is Cc1ccc(OCc2nnc(SC(C)c3nnc(-c4ccc(C)cc4)o3)o2)cc1. The summed E-state index contributed by atoms with van der Waals surface area (Å²) in [6.45, 7) is 6.22. The highest BCUT2D eigenvalue weighted by Gasteiger charge is 2.19. The molecule has 2 aromatic carbocycles. The number of hydrogen-bond donors (Lipinski definition) is 0. The number of hydrogen-bond acceptors (Lipinski definition) is 8. The molecule has 0 amide bonds. The van der Waals surface area contributed by atoms with Gasteiger partial charge in [0.15, 0.2) is 6.61 Å². The predicted molar refractivity (Wildman–Crippen MR) is 109 cm³/mol. The molecule has 0 radical (unpaired) electrons. The lowest BCUT2D eigenvalue weighted by molar-refractivity contribution is 0.252. The standard InChI is InChI=1S/C21H20N4O3S/c1-13-4-8-16(9-5-13)20-24-23-19(28-20)15(3)29-21-25-22-18(27-21)12-26-17-10-6-14(2)7-11-17/h4-11,15H,12H2,1-3H3. The summed E-state index contributed by atoms with van der Waals surface area (Å²) in [5, 5.41) is 16.7. The van der Waals surface area contributed by atoms with Crippen molar-refractivity contribution in [2.45, 2.75) is 37.9 Å². The third kappa shape index (κ3) is 4.83. The van der Waals surface area contributed by atoms with Crippen molar-refractivity contribution in [1.29, 1.82) is 0 Å². The number of thioether (sulfide) groups is 1. The third-order valence-electron chi connectivity index (χ3n) is 4.20. The second-order valence-corrected chi connectivity index (χ2v) is 7.93. The van der Waals surface area contributed by atoms with Gasteiger partial charge in [0.2, 0.25) is 11.8 Å². The summed E-state index contributed by atoms with van der Waals surface area (Å²) in [5.74, 6) is 2.16. The molecular weight excluding hydrogens is 388 g/mol. The number of benzene rings is 2. The largest absolute Gasteiger partial charge is 0.484 e. The van der Waals surface area contributed by atoms with Crippen LogP contribution in [0.1, 0.15) is 35.1 Å². The highest BCUT2D eigenvalue weighted by Crippen LogP contribution is 2.34. The van der Waals surface area contributed by atoms with Gasteiger partial charge in [0, 0.05) is 5.56 Å². The molecule has 148 valence electrons. The van der Waals surface area contributed by atoms with Crippen molar-refractivity contribution < 1.29 is 13.6 Å². The molecule has 4 aromatic rings. The Hall–Kier alpha value is -3.13. The first-order valence-electron chi connectivity index (χ1n) is 9.16. The molecule has 1 unspecified atom stereocenters. The fourth-order valence-corrected chi connectivity index (χ4v) is 3.27. The molecule has 0 fully saturated rings. The average Bonchev–Trinajstić information content (AvgIpc) is 3.38. The lowest BCUT2D eigenvalue weighted by Crippen LogP contribution is -1.95. The van der Waals surface area contributed by atoms with Crippen molar-refractivity contribution in [3.63, 3.8) is 0 Å². The first-order valence-corrected chi connectivity index (χ1v) is 10.0. The van der Waals surface area contributed by atoms with Crippen molar-refractivity contribution in [2.75, 3.05) is 0 Å². The Labute approximate surface area is 172 Å². The molecule has 1 atom stereocenters. The minimum atomic E-state index is -0.131. The van der Waals surface area contributed by atoms with Gasteiger partial charge in [-0.2, -0.15) is 0 Å². The van der Waals surface area contributed by atoms with Gasteiger partial charge in [0.25, 0.3) is 11.1 Å². The van der Waals surface area contributed by atoms with Gasteiger partial charge < -0.3 is 13.6 Å². The molecule has 2 aromatic heterocycles. The quantitative estimate of drug-likeness (QED) is 0.387. The molecule has 29 heavy (non-hydrogen) atoms. The summed E-state index contributed by atoms with van der Waals surface area (Å²) in [6.07, 6.45) is 0. The van der Waals surface area contributed by atoms with Crippen molar-refractivity contribution in [3.8, 4) is 17.2 Å². The van der Waals surface area contributed by atoms with Gasteiger partial charge in [-0.25, -0.2) is 0 Å². The minimum absolute atomic E-state index is 0.131. The van der Waals surface area contributed by atoms with E-state index in [1.807, 2.05) is 69.3 Å². The van der Waals surface area contributed by atoms with E-state index in [0.717, 1.165) is 11.3 Å². The Morgan fingerprint density at radius 1 is 0.862 bits per heavy atom. The van der Waals surface area contributed by atoms with E-state index in [2.05, 4.69) is 20.4 Å². The molecule has 2 heterocycles. The van der Waals surface area contributed by atoms with Crippen LogP contribution in [0.5, 0.6) is 5.75 Å². The zero-order valence-electron chi connectivity index (χ0n) is 16.3. The maximum atomic E-state index is 5.81. The number of nitrogens with zero attached hydrogens (tertiary/aromatic N) is 4. The second-order valence-electron chi connectivity index (χ2n) is 6.63. The molecular formula is C21H20N4O3S. The first-order chi connectivity index (χ1) is 14.1. The molecule has 7 nitrogen and oxygen atoms in total. The van der Waals surface area contributed by atoms with Crippen LogP contribution in [0.4, 0.5) is 0 Å². The molecule has 8 heteroatoms. The Bertz CT molecular complexity index is 1070. The van der Waals surface area contributed by atoms with Crippen LogP contribution >= 0.6 is 11.8 Å². The summed E-state index contributed by atoms with van der Waals surface area (Å²) in [5.41, 5.74) is 3.24. The van der Waals surface area contributed by atoms with E-state index in [0.29, 0.717) is 22.9 Å². The van der Waals surface area contributed by atoms with Gasteiger partial charge in [-0.1, -0.05) is 47.2 Å². The summed E-state index contributed by atoms with van der Waals surface area (Å²) in [6, 6.07) is 15.7. The molecule has 0 bridgehead atoms. The lowest BCUT2D eigenvalue weighted by Gasteiger charge is -2.03. The fourth-order valence-electron chi connectivity index (χ4n) is 2.54. The smallest absolute Gasteiger partial charge is 0.277 e. The molecule has 0 saturated carbocycles. The van der Waals surface area contributed by atoms with Crippen LogP contribution in [0.15, 0.2) is 62.6 Å². The summed E-state index contributed by atoms with van der Waals surface area (Å²) >= 11 is 1.36. The number of ether oxygens (including phenoxy) is 1. The van der Waals surface area contributed by atoms with E-state index in [1.165, 1.54) is 22.9 Å². The summed E-state index contributed by atoms with van der Waals surface area (Å²) < 4.78 is 17.1. The molecule has 0 aliphatic carbocycles. The van der Waals surface area contributed by atoms with Crippen LogP contribution in [0.3, 0.4) is 0 Å². The highest BCUT2D eigenvalue weighted by atomic mass is 32.2. The van der Waals surface area contributed by atoms with Gasteiger partial charge in [0.1, 0.15) is 5.75 Å². The Kier molecular flexibility index (Phi) is 5.62. The number of aromatic nitrogens is 4. The van der Waals surface area contributed by atoms with Crippen LogP contribution in [0, 0.1) is 13.8 Å². The van der Waals surface area contributed by atoms with E-state index < -0.39 is 0 Å². The monoisotopic (exact) mass is 408 g/mol. The van der Waals surface area contributed by atoms with E-state index in [9.17, 15) is 0 Å². The topological polar surface area (TPSA) is 87.1 Å². The Balaban J connectivity index is 1.36. The zero-order chi connectivity index (χ0) is 20.2. The molecule has 0 aliphatic heterocycles. The van der Waals surface area contributed by atoms with Gasteiger partial charge in [-0.05, 0) is 45.0 Å². The molecule has 0 spiro atoms. The van der Waals surface area contributed by atoms with Crippen LogP contribution in [-0.4, -0.2) is 20.4 Å². The maximum Gasteiger partial charge on any atom is 0.277 e. The van der Waals surface area contributed by atoms with Crippen molar-refractivity contribution in [2.24, 2.45) is 0 Å². The summed E-state index contributed by atoms with van der Waals surface area (Å²) in [7, 11) is 0. The number of rotatable bonds is 7. The molecule has 0 saturated heterocycles. The predicted octanol–water partition coefficient (Wildman–Crippen LogP) is 5.17. The average molecular weight is 408 g/mol. The van der Waals surface area contributed by atoms with E-state index in [1.54, 1.807) is 0 Å². The number of aryl methyl sites for hydroxylation is 2. The van der Waals surface area contributed by atoms with Crippen molar-refractivity contribution >= 4 is 11.8 Å². The maximum absolute atomic E-state index is 5.81. The lowest BCUT2D eigenvalue weighted by atomic mass is 10.1. The van der Waals surface area contributed by atoms with E-state index >= 15 is 0 Å². The van der Waals surface area contributed by atoms with E-state index in [4.69, 9.17) is 13.6 Å². The van der Waals surface area contributed by atoms with Crippen LogP contribution in [-0.2, 0) is 6.61 Å². The molecule has 0 N–H and O–H groups in total. The zero-order valence-corrected chi connectivity index (χ0v) is 17.1. The molecule has 4 rings (SSSR count). The van der Waals surface area contributed by atoms with Crippen LogP contribution in [0.2, 0.25) is 0 Å². The summed E-state index contributed by atoms with van der Waals surface area (Å²) in [4.78, 5) is 0. The third-order valence-corrected chi connectivity index (χ3v) is 5.12. The fraction of sp³-hybridized carbons (Fsp3) is 0.238. The van der Waals surface area contributed by atoms with Gasteiger partial charge in [-0.15, -0.1) is 20.4 Å².